The van der Waals surface area contributed by atoms with Crippen LogP contribution in [0.3, 0.4) is 0 Å². The van der Waals surface area contributed by atoms with Crippen LogP contribution in [0, 0.1) is 0 Å². The predicted molar refractivity (Wildman–Crippen MR) is 84.6 cm³/mol. The second kappa shape index (κ2) is 4.91. The monoisotopic (exact) mass is 293 g/mol. The van der Waals surface area contributed by atoms with E-state index in [1.165, 1.54) is 5.56 Å². The quantitative estimate of drug-likeness (QED) is 0.799. The van der Waals surface area contributed by atoms with Crippen LogP contribution in [-0.4, -0.2) is 24.2 Å². The third kappa shape index (κ3) is 2.13. The Labute approximate surface area is 127 Å². The van der Waals surface area contributed by atoms with Gasteiger partial charge < -0.3 is 14.4 Å². The summed E-state index contributed by atoms with van der Waals surface area (Å²) in [6.07, 6.45) is 0. The van der Waals surface area contributed by atoms with Crippen molar-refractivity contribution >= 4 is 22.6 Å². The molecule has 2 heterocycles. The van der Waals surface area contributed by atoms with Gasteiger partial charge in [0, 0.05) is 36.1 Å². The van der Waals surface area contributed by atoms with E-state index in [4.69, 9.17) is 9.52 Å². The number of nitrogens with zero attached hydrogens (tertiary/aromatic N) is 1. The highest BCUT2D eigenvalue weighted by Crippen LogP contribution is 2.33. The van der Waals surface area contributed by atoms with Gasteiger partial charge in [-0.15, -0.1) is 0 Å². The number of furan rings is 1. The maximum atomic E-state index is 11.0. The fraction of sp³-hybridized carbons (Fsp3) is 0.167. The second-order valence-corrected chi connectivity index (χ2v) is 5.65. The lowest BCUT2D eigenvalue weighted by molar-refractivity contribution is 0.0665. The van der Waals surface area contributed by atoms with E-state index < -0.39 is 5.97 Å². The SMILES string of the molecule is O=C(O)c1cc2ccc(N3CC(c4ccccc4)C3)cc2o1. The minimum Gasteiger partial charge on any atom is -0.475 e. The van der Waals surface area contributed by atoms with Crippen molar-refractivity contribution in [3.8, 4) is 0 Å². The van der Waals surface area contributed by atoms with Gasteiger partial charge in [0.05, 0.1) is 0 Å². The van der Waals surface area contributed by atoms with Crippen LogP contribution in [0.2, 0.25) is 0 Å². The molecule has 0 amide bonds. The zero-order valence-electron chi connectivity index (χ0n) is 11.9. The molecule has 0 unspecified atom stereocenters. The lowest BCUT2D eigenvalue weighted by atomic mass is 9.91. The van der Waals surface area contributed by atoms with E-state index >= 15 is 0 Å². The Bertz CT molecular complexity index is 832. The summed E-state index contributed by atoms with van der Waals surface area (Å²) < 4.78 is 5.37. The van der Waals surface area contributed by atoms with Gasteiger partial charge in [-0.3, -0.25) is 0 Å². The molecule has 110 valence electrons. The van der Waals surface area contributed by atoms with Gasteiger partial charge in [-0.25, -0.2) is 4.79 Å². The van der Waals surface area contributed by atoms with Gasteiger partial charge >= 0.3 is 5.97 Å². The molecule has 0 aliphatic carbocycles. The van der Waals surface area contributed by atoms with Gasteiger partial charge in [0.1, 0.15) is 5.58 Å². The molecule has 1 aliphatic rings. The Morgan fingerprint density at radius 3 is 2.59 bits per heavy atom. The Hall–Kier alpha value is -2.75. The average Bonchev–Trinajstić information content (AvgIpc) is 2.90. The van der Waals surface area contributed by atoms with Gasteiger partial charge in [0.25, 0.3) is 0 Å². The largest absolute Gasteiger partial charge is 0.475 e. The Morgan fingerprint density at radius 2 is 1.86 bits per heavy atom. The smallest absolute Gasteiger partial charge is 0.371 e. The predicted octanol–water partition coefficient (Wildman–Crippen LogP) is 3.73. The zero-order valence-corrected chi connectivity index (χ0v) is 11.9. The Balaban J connectivity index is 1.54. The van der Waals surface area contributed by atoms with Crippen molar-refractivity contribution < 1.29 is 14.3 Å². The number of carboxylic acid groups (broad SMARTS) is 1. The van der Waals surface area contributed by atoms with Crippen molar-refractivity contribution in [1.82, 2.24) is 0 Å². The van der Waals surface area contributed by atoms with Gasteiger partial charge in [-0.05, 0) is 23.8 Å². The summed E-state index contributed by atoms with van der Waals surface area (Å²) >= 11 is 0. The molecular weight excluding hydrogens is 278 g/mol. The highest BCUT2D eigenvalue weighted by atomic mass is 16.4. The van der Waals surface area contributed by atoms with Gasteiger partial charge in [-0.1, -0.05) is 30.3 Å². The molecule has 4 nitrogen and oxygen atoms in total. The van der Waals surface area contributed by atoms with Crippen molar-refractivity contribution in [1.29, 1.82) is 0 Å². The van der Waals surface area contributed by atoms with Crippen LogP contribution in [0.4, 0.5) is 5.69 Å². The van der Waals surface area contributed by atoms with Crippen LogP contribution in [0.15, 0.2) is 59.0 Å². The molecule has 0 spiro atoms. The minimum atomic E-state index is -1.04. The minimum absolute atomic E-state index is 0.0158. The van der Waals surface area contributed by atoms with Crippen LogP contribution in [0.5, 0.6) is 0 Å². The third-order valence-electron chi connectivity index (χ3n) is 4.23. The first-order valence-electron chi connectivity index (χ1n) is 7.27. The molecule has 0 bridgehead atoms. The number of anilines is 1. The summed E-state index contributed by atoms with van der Waals surface area (Å²) in [4.78, 5) is 13.2. The van der Waals surface area contributed by atoms with Crippen LogP contribution in [0.25, 0.3) is 11.0 Å². The fourth-order valence-electron chi connectivity index (χ4n) is 2.95. The molecule has 4 rings (SSSR count). The van der Waals surface area contributed by atoms with Gasteiger partial charge in [-0.2, -0.15) is 0 Å². The van der Waals surface area contributed by atoms with Crippen molar-refractivity contribution in [2.45, 2.75) is 5.92 Å². The number of fused-ring (bicyclic) bond motifs is 1. The Morgan fingerprint density at radius 1 is 1.09 bits per heavy atom. The summed E-state index contributed by atoms with van der Waals surface area (Å²) in [5.74, 6) is -0.494. The van der Waals surface area contributed by atoms with Crippen LogP contribution in [-0.2, 0) is 0 Å². The molecule has 0 atom stereocenters. The van der Waals surface area contributed by atoms with Crippen molar-refractivity contribution in [2.75, 3.05) is 18.0 Å². The standard InChI is InChI=1S/C18H15NO3/c20-18(21)17-8-13-6-7-15(9-16(13)22-17)19-10-14(11-19)12-4-2-1-3-5-12/h1-9,14H,10-11H2,(H,20,21). The number of carbonyl (C=O) groups is 1. The molecule has 1 N–H and O–H groups in total. The number of rotatable bonds is 3. The van der Waals surface area contributed by atoms with E-state index in [9.17, 15) is 4.79 Å². The maximum absolute atomic E-state index is 11.0. The van der Waals surface area contributed by atoms with E-state index in [0.717, 1.165) is 24.2 Å². The topological polar surface area (TPSA) is 53.7 Å². The average molecular weight is 293 g/mol. The summed E-state index contributed by atoms with van der Waals surface area (Å²) in [7, 11) is 0. The molecule has 0 saturated carbocycles. The first kappa shape index (κ1) is 13.0. The summed E-state index contributed by atoms with van der Waals surface area (Å²) in [6, 6.07) is 17.9. The van der Waals surface area contributed by atoms with Crippen molar-refractivity contribution in [3.63, 3.8) is 0 Å². The molecule has 1 aromatic heterocycles. The molecule has 22 heavy (non-hydrogen) atoms. The molecule has 1 aliphatic heterocycles. The molecule has 3 aromatic rings. The van der Waals surface area contributed by atoms with Crippen LogP contribution >= 0.6 is 0 Å². The van der Waals surface area contributed by atoms with Crippen LogP contribution in [0.1, 0.15) is 22.0 Å². The zero-order chi connectivity index (χ0) is 15.1. The van der Waals surface area contributed by atoms with Crippen molar-refractivity contribution in [2.24, 2.45) is 0 Å². The fourth-order valence-corrected chi connectivity index (χ4v) is 2.95. The number of benzene rings is 2. The highest BCUT2D eigenvalue weighted by Gasteiger charge is 2.28. The number of carboxylic acids is 1. The number of hydrogen-bond acceptors (Lipinski definition) is 3. The van der Waals surface area contributed by atoms with Gasteiger partial charge in [0.15, 0.2) is 0 Å². The first-order valence-corrected chi connectivity index (χ1v) is 7.27. The number of aromatic carboxylic acids is 1. The lowest BCUT2D eigenvalue weighted by Crippen LogP contribution is -2.44. The molecular formula is C18H15NO3. The number of hydrogen-bond donors (Lipinski definition) is 1. The normalized spacial score (nSPS) is 15.0. The first-order chi connectivity index (χ1) is 10.7. The maximum Gasteiger partial charge on any atom is 0.371 e. The lowest BCUT2D eigenvalue weighted by Gasteiger charge is -2.41. The summed E-state index contributed by atoms with van der Waals surface area (Å²) in [6.45, 7) is 1.95. The molecule has 4 heteroatoms. The van der Waals surface area contributed by atoms with E-state index in [2.05, 4.69) is 29.2 Å². The van der Waals surface area contributed by atoms with E-state index in [1.807, 2.05) is 24.3 Å². The molecule has 2 aromatic carbocycles. The van der Waals surface area contributed by atoms with E-state index in [-0.39, 0.29) is 5.76 Å². The third-order valence-corrected chi connectivity index (χ3v) is 4.23. The molecule has 1 fully saturated rings. The van der Waals surface area contributed by atoms with Crippen molar-refractivity contribution in [3.05, 3.63) is 65.9 Å². The molecule has 1 saturated heterocycles. The van der Waals surface area contributed by atoms with E-state index in [0.29, 0.717) is 11.5 Å². The second-order valence-electron chi connectivity index (χ2n) is 5.65. The highest BCUT2D eigenvalue weighted by molar-refractivity contribution is 5.92. The van der Waals surface area contributed by atoms with Crippen LogP contribution < -0.4 is 4.90 Å². The van der Waals surface area contributed by atoms with Gasteiger partial charge in [0.2, 0.25) is 5.76 Å². The summed E-state index contributed by atoms with van der Waals surface area (Å²) in [5, 5.41) is 9.80. The molecule has 0 radical (unpaired) electrons. The Kier molecular flexibility index (Phi) is 2.89. The summed E-state index contributed by atoms with van der Waals surface area (Å²) in [5.41, 5.74) is 3.06. The van der Waals surface area contributed by atoms with E-state index in [1.54, 1.807) is 6.07 Å².